The number of rotatable bonds is 3. The van der Waals surface area contributed by atoms with Gasteiger partial charge in [-0.2, -0.15) is 0 Å². The quantitative estimate of drug-likeness (QED) is 0.578. The molecule has 10 heavy (non-hydrogen) atoms. The smallest absolute Gasteiger partial charge is 0.141 e. The molecule has 0 bridgehead atoms. The molecule has 3 nitrogen and oxygen atoms in total. The summed E-state index contributed by atoms with van der Waals surface area (Å²) in [4.78, 5) is 0. The van der Waals surface area contributed by atoms with Crippen LogP contribution in [0.25, 0.3) is 0 Å². The fraction of sp³-hybridized carbons (Fsp3) is 1.00. The van der Waals surface area contributed by atoms with E-state index in [0.29, 0.717) is 6.54 Å². The van der Waals surface area contributed by atoms with E-state index in [9.17, 15) is 8.42 Å². The normalized spacial score (nSPS) is 12.4. The van der Waals surface area contributed by atoms with E-state index in [-0.39, 0.29) is 11.3 Å². The summed E-state index contributed by atoms with van der Waals surface area (Å²) in [6.45, 7) is 6.56. The Bertz CT molecular complexity index is 150. The molecule has 1 N–H and O–H groups in total. The van der Waals surface area contributed by atoms with Gasteiger partial charge in [0.05, 0.1) is 5.75 Å². The third-order valence-electron chi connectivity index (χ3n) is 0.950. The van der Waals surface area contributed by atoms with Crippen LogP contribution in [0.3, 0.4) is 0 Å². The Hall–Kier alpha value is -0.0900. The lowest BCUT2D eigenvalue weighted by molar-refractivity contribution is 0.439. The zero-order valence-electron chi connectivity index (χ0n) is 6.68. The molecule has 0 aromatic heterocycles. The third-order valence-corrected chi connectivity index (χ3v) is 1.54. The van der Waals surface area contributed by atoms with Crippen LogP contribution in [0.15, 0.2) is 0 Å². The first-order valence-electron chi connectivity index (χ1n) is 3.28. The molecule has 0 saturated carbocycles. The lowest BCUT2D eigenvalue weighted by Crippen LogP contribution is -2.37. The van der Waals surface area contributed by atoms with E-state index in [1.807, 2.05) is 20.8 Å². The summed E-state index contributed by atoms with van der Waals surface area (Å²) in [6, 6.07) is 0. The van der Waals surface area contributed by atoms with Crippen molar-refractivity contribution in [2.75, 3.05) is 12.3 Å². The summed E-state index contributed by atoms with van der Waals surface area (Å²) in [7, 11) is -2.22. The van der Waals surface area contributed by atoms with Crippen molar-refractivity contribution in [3.8, 4) is 0 Å². The largest absolute Gasteiger partial charge is 0.311 e. The summed E-state index contributed by atoms with van der Waals surface area (Å²) >= 11 is 0. The van der Waals surface area contributed by atoms with Gasteiger partial charge in [0.15, 0.2) is 0 Å². The highest BCUT2D eigenvalue weighted by molar-refractivity contribution is 7.72. The van der Waals surface area contributed by atoms with Crippen LogP contribution in [0, 0.1) is 0 Å². The van der Waals surface area contributed by atoms with Crippen LogP contribution in [-0.4, -0.2) is 26.3 Å². The van der Waals surface area contributed by atoms with Crippen molar-refractivity contribution < 1.29 is 8.42 Å². The van der Waals surface area contributed by atoms with Crippen LogP contribution in [0.4, 0.5) is 0 Å². The monoisotopic (exact) mass is 165 g/mol. The van der Waals surface area contributed by atoms with Crippen molar-refractivity contribution in [2.45, 2.75) is 26.3 Å². The molecule has 0 spiro atoms. The number of nitrogens with one attached hydrogen (secondary N) is 1. The predicted molar refractivity (Wildman–Crippen MR) is 42.9 cm³/mol. The van der Waals surface area contributed by atoms with Crippen molar-refractivity contribution >= 4 is 10.7 Å². The Kier molecular flexibility index (Phi) is 3.89. The van der Waals surface area contributed by atoms with Crippen molar-refractivity contribution in [2.24, 2.45) is 0 Å². The zero-order valence-corrected chi connectivity index (χ0v) is 7.57. The average Bonchev–Trinajstić information content (AvgIpc) is 1.59. The number of thiol groups is 1. The topological polar surface area (TPSA) is 46.2 Å². The van der Waals surface area contributed by atoms with Gasteiger partial charge in [-0.25, -0.2) is 8.42 Å². The second kappa shape index (κ2) is 3.93. The van der Waals surface area contributed by atoms with Crippen LogP contribution < -0.4 is 5.32 Å². The van der Waals surface area contributed by atoms with Gasteiger partial charge in [0.2, 0.25) is 0 Å². The van der Waals surface area contributed by atoms with Gasteiger partial charge in [0.25, 0.3) is 0 Å². The molecule has 62 valence electrons. The maximum absolute atomic E-state index is 10.1. The first kappa shape index (κ1) is 9.91. The van der Waals surface area contributed by atoms with E-state index in [1.165, 1.54) is 0 Å². The second-order valence-corrected chi connectivity index (χ2v) is 4.35. The van der Waals surface area contributed by atoms with E-state index in [1.54, 1.807) is 0 Å². The number of hydrogen-bond acceptors (Lipinski definition) is 3. The summed E-state index contributed by atoms with van der Waals surface area (Å²) in [5.74, 6) is 0.229. The standard InChI is InChI=1S/C6H15NO2S/c1-6(2,3)7-4-5-10(8)9/h7,10H,4-5H2,1-3H3. The molecule has 0 aliphatic rings. The van der Waals surface area contributed by atoms with Crippen molar-refractivity contribution in [3.05, 3.63) is 0 Å². The summed E-state index contributed by atoms with van der Waals surface area (Å²) in [5, 5.41) is 3.07. The van der Waals surface area contributed by atoms with E-state index < -0.39 is 10.7 Å². The minimum Gasteiger partial charge on any atom is -0.311 e. The molecular weight excluding hydrogens is 150 g/mol. The molecule has 0 saturated heterocycles. The molecular formula is C6H15NO2S. The lowest BCUT2D eigenvalue weighted by Gasteiger charge is -2.19. The highest BCUT2D eigenvalue weighted by Crippen LogP contribution is 1.96. The first-order chi connectivity index (χ1) is 4.42. The SMILES string of the molecule is CC(C)(C)NCC[SH](=O)=O. The first-order valence-corrected chi connectivity index (χ1v) is 4.65. The lowest BCUT2D eigenvalue weighted by atomic mass is 10.1. The van der Waals surface area contributed by atoms with Gasteiger partial charge in [-0.05, 0) is 20.8 Å². The molecule has 4 heteroatoms. The van der Waals surface area contributed by atoms with Gasteiger partial charge in [-0.1, -0.05) is 0 Å². The van der Waals surface area contributed by atoms with E-state index in [0.717, 1.165) is 0 Å². The van der Waals surface area contributed by atoms with Crippen molar-refractivity contribution in [3.63, 3.8) is 0 Å². The summed E-state index contributed by atoms with van der Waals surface area (Å²) in [6.07, 6.45) is 0. The highest BCUT2D eigenvalue weighted by Gasteiger charge is 2.06. The molecule has 0 aromatic rings. The van der Waals surface area contributed by atoms with Gasteiger partial charge in [0.1, 0.15) is 10.7 Å². The summed E-state index contributed by atoms with van der Waals surface area (Å²) in [5.41, 5.74) is 0.0192. The van der Waals surface area contributed by atoms with Crippen molar-refractivity contribution in [1.29, 1.82) is 0 Å². The van der Waals surface area contributed by atoms with Crippen LogP contribution in [0.1, 0.15) is 20.8 Å². The molecule has 0 radical (unpaired) electrons. The average molecular weight is 165 g/mol. The molecule has 0 aliphatic carbocycles. The molecule has 0 fully saturated rings. The van der Waals surface area contributed by atoms with E-state index >= 15 is 0 Å². The maximum Gasteiger partial charge on any atom is 0.141 e. The molecule has 0 aromatic carbocycles. The molecule has 0 heterocycles. The van der Waals surface area contributed by atoms with Crippen LogP contribution in [0.2, 0.25) is 0 Å². The van der Waals surface area contributed by atoms with Gasteiger partial charge in [0, 0.05) is 12.1 Å². The van der Waals surface area contributed by atoms with Gasteiger partial charge in [-0.15, -0.1) is 0 Å². The Morgan fingerprint density at radius 2 is 1.80 bits per heavy atom. The van der Waals surface area contributed by atoms with Crippen molar-refractivity contribution in [1.82, 2.24) is 5.32 Å². The Morgan fingerprint density at radius 1 is 1.30 bits per heavy atom. The minimum absolute atomic E-state index is 0.0192. The highest BCUT2D eigenvalue weighted by atomic mass is 32.2. The molecule has 0 rings (SSSR count). The van der Waals surface area contributed by atoms with Crippen LogP contribution in [-0.2, 0) is 10.7 Å². The molecule has 0 aliphatic heterocycles. The summed E-state index contributed by atoms with van der Waals surface area (Å²) < 4.78 is 20.2. The van der Waals surface area contributed by atoms with Gasteiger partial charge in [-0.3, -0.25) is 0 Å². The molecule has 0 atom stereocenters. The Labute approximate surface area is 63.8 Å². The predicted octanol–water partition coefficient (Wildman–Crippen LogP) is -0.0141. The fourth-order valence-electron chi connectivity index (χ4n) is 0.522. The molecule has 0 amide bonds. The minimum atomic E-state index is -2.22. The fourth-order valence-corrected chi connectivity index (χ4v) is 0.817. The van der Waals surface area contributed by atoms with Crippen LogP contribution in [0.5, 0.6) is 0 Å². The maximum atomic E-state index is 10.1. The Balaban J connectivity index is 3.38. The third kappa shape index (κ3) is 7.91. The zero-order chi connectivity index (χ0) is 8.20. The van der Waals surface area contributed by atoms with Crippen LogP contribution >= 0.6 is 0 Å². The molecule has 0 unspecified atom stereocenters. The van der Waals surface area contributed by atoms with E-state index in [4.69, 9.17) is 0 Å². The van der Waals surface area contributed by atoms with Gasteiger partial charge >= 0.3 is 0 Å². The van der Waals surface area contributed by atoms with Gasteiger partial charge < -0.3 is 5.32 Å². The van der Waals surface area contributed by atoms with E-state index in [2.05, 4.69) is 5.32 Å². The Morgan fingerprint density at radius 3 is 2.10 bits per heavy atom. The second-order valence-electron chi connectivity index (χ2n) is 3.23. The number of hydrogen-bond donors (Lipinski definition) is 2.